The SMILES string of the molecule is CC(NC(=O)c1ccc(Cl)cc1N1CCCC1=O)c1ccc(S(C)(=O)=O)cc1. The van der Waals surface area contributed by atoms with E-state index in [2.05, 4.69) is 5.32 Å². The molecule has 8 heteroatoms. The van der Waals surface area contributed by atoms with Gasteiger partial charge in [0.2, 0.25) is 5.91 Å². The van der Waals surface area contributed by atoms with Gasteiger partial charge in [-0.3, -0.25) is 9.59 Å². The normalized spacial score (nSPS) is 15.5. The average Bonchev–Trinajstić information content (AvgIpc) is 3.06. The Bertz CT molecular complexity index is 1020. The van der Waals surface area contributed by atoms with E-state index in [-0.39, 0.29) is 22.8 Å². The van der Waals surface area contributed by atoms with Gasteiger partial charge in [-0.1, -0.05) is 23.7 Å². The van der Waals surface area contributed by atoms with Crippen LogP contribution in [0.4, 0.5) is 5.69 Å². The Kier molecular flexibility index (Phi) is 5.76. The lowest BCUT2D eigenvalue weighted by Crippen LogP contribution is -2.31. The van der Waals surface area contributed by atoms with Gasteiger partial charge in [-0.2, -0.15) is 0 Å². The minimum atomic E-state index is -3.27. The number of carbonyl (C=O) groups excluding carboxylic acids is 2. The third-order valence-electron chi connectivity index (χ3n) is 4.72. The van der Waals surface area contributed by atoms with E-state index in [1.807, 2.05) is 6.92 Å². The highest BCUT2D eigenvalue weighted by Gasteiger charge is 2.26. The summed E-state index contributed by atoms with van der Waals surface area (Å²) in [7, 11) is -3.27. The summed E-state index contributed by atoms with van der Waals surface area (Å²) >= 11 is 6.08. The molecule has 0 radical (unpaired) electrons. The Morgan fingerprint density at radius 3 is 2.43 bits per heavy atom. The molecule has 1 saturated heterocycles. The lowest BCUT2D eigenvalue weighted by atomic mass is 10.1. The molecule has 3 rings (SSSR count). The van der Waals surface area contributed by atoms with Crippen LogP contribution < -0.4 is 10.2 Å². The summed E-state index contributed by atoms with van der Waals surface area (Å²) in [5.41, 5.74) is 1.65. The highest BCUT2D eigenvalue weighted by molar-refractivity contribution is 7.90. The first-order valence-electron chi connectivity index (χ1n) is 8.87. The van der Waals surface area contributed by atoms with Crippen LogP contribution in [0.15, 0.2) is 47.4 Å². The molecule has 1 aliphatic heterocycles. The number of nitrogens with zero attached hydrogens (tertiary/aromatic N) is 1. The molecule has 1 fully saturated rings. The predicted octanol–water partition coefficient (Wildman–Crippen LogP) is 3.36. The number of anilines is 1. The minimum Gasteiger partial charge on any atom is -0.345 e. The monoisotopic (exact) mass is 420 g/mol. The third kappa shape index (κ3) is 4.36. The maximum atomic E-state index is 12.9. The Labute approximate surface area is 169 Å². The molecular formula is C20H21ClN2O4S. The van der Waals surface area contributed by atoms with Gasteiger partial charge in [0.1, 0.15) is 0 Å². The molecule has 2 amide bonds. The first kappa shape index (κ1) is 20.4. The molecule has 2 aromatic carbocycles. The van der Waals surface area contributed by atoms with Gasteiger partial charge in [-0.05, 0) is 49.2 Å². The van der Waals surface area contributed by atoms with Gasteiger partial charge < -0.3 is 10.2 Å². The molecule has 1 atom stereocenters. The maximum absolute atomic E-state index is 12.9. The Hall–Kier alpha value is -2.38. The van der Waals surface area contributed by atoms with Crippen molar-refractivity contribution in [1.82, 2.24) is 5.32 Å². The van der Waals surface area contributed by atoms with Crippen LogP contribution in [0.5, 0.6) is 0 Å². The smallest absolute Gasteiger partial charge is 0.253 e. The van der Waals surface area contributed by atoms with Crippen molar-refractivity contribution in [3.8, 4) is 0 Å². The number of carbonyl (C=O) groups is 2. The predicted molar refractivity (Wildman–Crippen MR) is 108 cm³/mol. The fourth-order valence-electron chi connectivity index (χ4n) is 3.18. The molecule has 1 aliphatic rings. The van der Waals surface area contributed by atoms with Gasteiger partial charge >= 0.3 is 0 Å². The van der Waals surface area contributed by atoms with E-state index in [0.29, 0.717) is 29.2 Å². The second-order valence-corrected chi connectivity index (χ2v) is 9.30. The fourth-order valence-corrected chi connectivity index (χ4v) is 3.98. The largest absolute Gasteiger partial charge is 0.345 e. The number of benzene rings is 2. The summed E-state index contributed by atoms with van der Waals surface area (Å²) in [5, 5.41) is 3.35. The van der Waals surface area contributed by atoms with Crippen LogP contribution in [0.3, 0.4) is 0 Å². The van der Waals surface area contributed by atoms with Gasteiger partial charge in [0, 0.05) is 24.2 Å². The van der Waals surface area contributed by atoms with Crippen LogP contribution in [-0.4, -0.2) is 33.0 Å². The van der Waals surface area contributed by atoms with E-state index in [1.165, 1.54) is 12.1 Å². The zero-order chi connectivity index (χ0) is 20.5. The molecule has 1 N–H and O–H groups in total. The van der Waals surface area contributed by atoms with Crippen LogP contribution >= 0.6 is 11.6 Å². The van der Waals surface area contributed by atoms with Crippen LogP contribution in [-0.2, 0) is 14.6 Å². The van der Waals surface area contributed by atoms with Crippen molar-refractivity contribution in [3.05, 3.63) is 58.6 Å². The second kappa shape index (κ2) is 7.93. The highest BCUT2D eigenvalue weighted by atomic mass is 35.5. The Balaban J connectivity index is 1.82. The van der Waals surface area contributed by atoms with Gasteiger partial charge in [0.05, 0.1) is 22.2 Å². The molecule has 1 unspecified atom stereocenters. The zero-order valence-corrected chi connectivity index (χ0v) is 17.2. The van der Waals surface area contributed by atoms with Crippen LogP contribution in [0.2, 0.25) is 5.02 Å². The summed E-state index contributed by atoms with van der Waals surface area (Å²) in [4.78, 5) is 26.8. The number of sulfone groups is 1. The van der Waals surface area contributed by atoms with E-state index in [4.69, 9.17) is 11.6 Å². The summed E-state index contributed by atoms with van der Waals surface area (Å²) < 4.78 is 23.2. The third-order valence-corrected chi connectivity index (χ3v) is 6.09. The Morgan fingerprint density at radius 2 is 1.86 bits per heavy atom. The van der Waals surface area contributed by atoms with Gasteiger partial charge in [0.15, 0.2) is 9.84 Å². The summed E-state index contributed by atoms with van der Waals surface area (Å²) in [5.74, 6) is -0.355. The molecule has 0 aromatic heterocycles. The molecule has 0 bridgehead atoms. The van der Waals surface area contributed by atoms with E-state index in [0.717, 1.165) is 18.2 Å². The minimum absolute atomic E-state index is 0.0271. The number of hydrogen-bond acceptors (Lipinski definition) is 4. The quantitative estimate of drug-likeness (QED) is 0.803. The molecule has 1 heterocycles. The number of rotatable bonds is 5. The summed E-state index contributed by atoms with van der Waals surface area (Å²) in [6.07, 6.45) is 2.35. The first-order valence-corrected chi connectivity index (χ1v) is 11.1. The number of amides is 2. The summed E-state index contributed by atoms with van der Waals surface area (Å²) in [6, 6.07) is 10.9. The van der Waals surface area contributed by atoms with Crippen molar-refractivity contribution in [3.63, 3.8) is 0 Å². The van der Waals surface area contributed by atoms with Crippen molar-refractivity contribution in [1.29, 1.82) is 0 Å². The highest BCUT2D eigenvalue weighted by Crippen LogP contribution is 2.29. The average molecular weight is 421 g/mol. The molecule has 0 aliphatic carbocycles. The number of halogens is 1. The lowest BCUT2D eigenvalue weighted by molar-refractivity contribution is -0.117. The summed E-state index contributed by atoms with van der Waals surface area (Å²) in [6.45, 7) is 2.37. The molecule has 2 aromatic rings. The molecule has 148 valence electrons. The van der Waals surface area contributed by atoms with Crippen molar-refractivity contribution < 1.29 is 18.0 Å². The van der Waals surface area contributed by atoms with E-state index in [9.17, 15) is 18.0 Å². The number of hydrogen-bond donors (Lipinski definition) is 1. The number of nitrogens with one attached hydrogen (secondary N) is 1. The Morgan fingerprint density at radius 1 is 1.18 bits per heavy atom. The maximum Gasteiger partial charge on any atom is 0.253 e. The molecular weight excluding hydrogens is 400 g/mol. The van der Waals surface area contributed by atoms with Crippen molar-refractivity contribution in [2.75, 3.05) is 17.7 Å². The van der Waals surface area contributed by atoms with E-state index >= 15 is 0 Å². The molecule has 28 heavy (non-hydrogen) atoms. The van der Waals surface area contributed by atoms with Gasteiger partial charge in [-0.15, -0.1) is 0 Å². The second-order valence-electron chi connectivity index (χ2n) is 6.85. The van der Waals surface area contributed by atoms with Crippen LogP contribution in [0.25, 0.3) is 0 Å². The van der Waals surface area contributed by atoms with Gasteiger partial charge in [0.25, 0.3) is 5.91 Å². The first-order chi connectivity index (χ1) is 13.2. The zero-order valence-electron chi connectivity index (χ0n) is 15.6. The standard InChI is InChI=1S/C20H21ClN2O4S/c1-13(14-5-8-16(9-6-14)28(2,26)27)22-20(25)17-10-7-15(21)12-18(17)23-11-3-4-19(23)24/h5-10,12-13H,3-4,11H2,1-2H3,(H,22,25). The lowest BCUT2D eigenvalue weighted by Gasteiger charge is -2.21. The molecule has 0 spiro atoms. The molecule has 0 saturated carbocycles. The van der Waals surface area contributed by atoms with Crippen molar-refractivity contribution >= 4 is 38.9 Å². The van der Waals surface area contributed by atoms with Gasteiger partial charge in [-0.25, -0.2) is 8.42 Å². The van der Waals surface area contributed by atoms with Crippen molar-refractivity contribution in [2.24, 2.45) is 0 Å². The van der Waals surface area contributed by atoms with E-state index in [1.54, 1.807) is 35.2 Å². The van der Waals surface area contributed by atoms with Crippen LogP contribution in [0, 0.1) is 0 Å². The fraction of sp³-hybridized carbons (Fsp3) is 0.300. The van der Waals surface area contributed by atoms with Crippen molar-refractivity contribution in [2.45, 2.75) is 30.7 Å². The van der Waals surface area contributed by atoms with Crippen LogP contribution in [0.1, 0.15) is 41.7 Å². The van der Waals surface area contributed by atoms with E-state index < -0.39 is 9.84 Å². The molecule has 6 nitrogen and oxygen atoms in total. The topological polar surface area (TPSA) is 83.6 Å².